The maximum atomic E-state index is 12.5. The molecule has 1 aliphatic heterocycles. The zero-order chi connectivity index (χ0) is 19.9. The third-order valence-corrected chi connectivity index (χ3v) is 4.96. The normalized spacial score (nSPS) is 16.1. The Kier molecular flexibility index (Phi) is 6.42. The Bertz CT molecular complexity index is 834. The Hall–Kier alpha value is -3.15. The van der Waals surface area contributed by atoms with Crippen LogP contribution in [0.3, 0.4) is 0 Å². The van der Waals surface area contributed by atoms with E-state index in [0.717, 1.165) is 12.0 Å². The van der Waals surface area contributed by atoms with Crippen molar-refractivity contribution in [1.82, 2.24) is 10.2 Å². The summed E-state index contributed by atoms with van der Waals surface area (Å²) in [7, 11) is 1.60. The van der Waals surface area contributed by atoms with Crippen LogP contribution < -0.4 is 10.6 Å². The van der Waals surface area contributed by atoms with Crippen LogP contribution in [0, 0.1) is 5.92 Å². The van der Waals surface area contributed by atoms with Gasteiger partial charge in [0.1, 0.15) is 0 Å². The molecule has 2 aromatic carbocycles. The summed E-state index contributed by atoms with van der Waals surface area (Å²) in [5.41, 5.74) is 2.72. The molecule has 3 amide bonds. The summed E-state index contributed by atoms with van der Waals surface area (Å²) in [5.74, 6) is -0.516. The number of carbonyl (C=O) groups is 3. The van der Waals surface area contributed by atoms with E-state index in [-0.39, 0.29) is 30.1 Å². The van der Waals surface area contributed by atoms with E-state index in [2.05, 4.69) is 10.6 Å². The van der Waals surface area contributed by atoms with E-state index < -0.39 is 0 Å². The number of likely N-dealkylation sites (tertiary alicyclic amines) is 1. The van der Waals surface area contributed by atoms with Crippen molar-refractivity contribution in [2.24, 2.45) is 5.92 Å². The lowest BCUT2D eigenvalue weighted by atomic mass is 10.1. The lowest BCUT2D eigenvalue weighted by Gasteiger charge is -2.16. The topological polar surface area (TPSA) is 78.5 Å². The highest BCUT2D eigenvalue weighted by atomic mass is 16.2. The number of nitrogens with zero attached hydrogens (tertiary/aromatic N) is 1. The molecule has 1 saturated heterocycles. The zero-order valence-electron chi connectivity index (χ0n) is 16.0. The first-order chi connectivity index (χ1) is 13.5. The van der Waals surface area contributed by atoms with Crippen molar-refractivity contribution in [3.05, 3.63) is 65.7 Å². The summed E-state index contributed by atoms with van der Waals surface area (Å²) < 4.78 is 0. The summed E-state index contributed by atoms with van der Waals surface area (Å²) in [6.45, 7) is 1.08. The Morgan fingerprint density at radius 2 is 1.75 bits per heavy atom. The SMILES string of the molecule is CNC(=O)Cc1ccc(NC(=O)C2CC(=O)N(CCc3ccccc3)C2)cc1. The number of benzene rings is 2. The lowest BCUT2D eigenvalue weighted by molar-refractivity contribution is -0.128. The third kappa shape index (κ3) is 5.19. The second-order valence-corrected chi connectivity index (χ2v) is 7.01. The van der Waals surface area contributed by atoms with E-state index in [0.29, 0.717) is 25.2 Å². The molecule has 0 radical (unpaired) electrons. The molecule has 1 aliphatic rings. The zero-order valence-corrected chi connectivity index (χ0v) is 16.0. The average molecular weight is 379 g/mol. The molecule has 1 heterocycles. The van der Waals surface area contributed by atoms with E-state index in [1.54, 1.807) is 24.1 Å². The smallest absolute Gasteiger partial charge is 0.229 e. The van der Waals surface area contributed by atoms with Gasteiger partial charge in [-0.15, -0.1) is 0 Å². The molecule has 146 valence electrons. The first-order valence-corrected chi connectivity index (χ1v) is 9.47. The lowest BCUT2D eigenvalue weighted by Crippen LogP contribution is -2.30. The van der Waals surface area contributed by atoms with E-state index in [9.17, 15) is 14.4 Å². The van der Waals surface area contributed by atoms with Gasteiger partial charge in [-0.3, -0.25) is 14.4 Å². The Morgan fingerprint density at radius 3 is 2.43 bits per heavy atom. The average Bonchev–Trinajstić information content (AvgIpc) is 3.09. The Labute approximate surface area is 164 Å². The maximum absolute atomic E-state index is 12.5. The predicted molar refractivity (Wildman–Crippen MR) is 108 cm³/mol. The molecule has 0 spiro atoms. The second-order valence-electron chi connectivity index (χ2n) is 7.01. The number of likely N-dealkylation sites (N-methyl/N-ethyl adjacent to an activating group) is 1. The fourth-order valence-corrected chi connectivity index (χ4v) is 3.30. The van der Waals surface area contributed by atoms with Crippen LogP contribution in [0.5, 0.6) is 0 Å². The van der Waals surface area contributed by atoms with Gasteiger partial charge in [0, 0.05) is 32.2 Å². The molecule has 2 N–H and O–H groups in total. The minimum Gasteiger partial charge on any atom is -0.359 e. The van der Waals surface area contributed by atoms with Gasteiger partial charge >= 0.3 is 0 Å². The molecule has 6 nitrogen and oxygen atoms in total. The van der Waals surface area contributed by atoms with Gasteiger partial charge in [0.25, 0.3) is 0 Å². The molecule has 0 aliphatic carbocycles. The molecule has 1 atom stereocenters. The van der Waals surface area contributed by atoms with Gasteiger partial charge in [-0.1, -0.05) is 42.5 Å². The van der Waals surface area contributed by atoms with E-state index >= 15 is 0 Å². The number of carbonyl (C=O) groups excluding carboxylic acids is 3. The van der Waals surface area contributed by atoms with Crippen LogP contribution in [0.25, 0.3) is 0 Å². The largest absolute Gasteiger partial charge is 0.359 e. The minimum absolute atomic E-state index is 0.0250. The maximum Gasteiger partial charge on any atom is 0.229 e. The van der Waals surface area contributed by atoms with Crippen LogP contribution in [0.2, 0.25) is 0 Å². The molecule has 6 heteroatoms. The van der Waals surface area contributed by atoms with Crippen molar-refractivity contribution in [3.63, 3.8) is 0 Å². The van der Waals surface area contributed by atoms with Gasteiger partial charge in [0.2, 0.25) is 17.7 Å². The van der Waals surface area contributed by atoms with E-state index in [1.807, 2.05) is 42.5 Å². The van der Waals surface area contributed by atoms with Crippen molar-refractivity contribution >= 4 is 23.4 Å². The molecule has 3 rings (SSSR count). The molecule has 0 bridgehead atoms. The van der Waals surface area contributed by atoms with E-state index in [1.165, 1.54) is 5.56 Å². The third-order valence-electron chi connectivity index (χ3n) is 4.96. The molecule has 0 saturated carbocycles. The molecule has 28 heavy (non-hydrogen) atoms. The standard InChI is InChI=1S/C22H25N3O3/c1-23-20(26)13-17-7-9-19(10-8-17)24-22(28)18-14-21(27)25(15-18)12-11-16-5-3-2-4-6-16/h2-10,18H,11-15H2,1H3,(H,23,26)(H,24,28). The molecule has 1 unspecified atom stereocenters. The van der Waals surface area contributed by atoms with Crippen LogP contribution in [-0.4, -0.2) is 42.8 Å². The molecule has 2 aromatic rings. The highest BCUT2D eigenvalue weighted by Gasteiger charge is 2.33. The first kappa shape index (κ1) is 19.6. The van der Waals surface area contributed by atoms with Gasteiger partial charge in [0.05, 0.1) is 12.3 Å². The first-order valence-electron chi connectivity index (χ1n) is 9.47. The summed E-state index contributed by atoms with van der Waals surface area (Å²) in [6.07, 6.45) is 1.33. The van der Waals surface area contributed by atoms with Gasteiger partial charge in [0.15, 0.2) is 0 Å². The molecule has 1 fully saturated rings. The summed E-state index contributed by atoms with van der Waals surface area (Å²) in [4.78, 5) is 38.0. The van der Waals surface area contributed by atoms with Crippen molar-refractivity contribution < 1.29 is 14.4 Å². The Morgan fingerprint density at radius 1 is 1.04 bits per heavy atom. The van der Waals surface area contributed by atoms with Gasteiger partial charge in [-0.2, -0.15) is 0 Å². The van der Waals surface area contributed by atoms with Crippen LogP contribution in [0.4, 0.5) is 5.69 Å². The highest BCUT2D eigenvalue weighted by Crippen LogP contribution is 2.21. The number of anilines is 1. The fraction of sp³-hybridized carbons (Fsp3) is 0.318. The molecular formula is C22H25N3O3. The van der Waals surface area contributed by atoms with Crippen LogP contribution in [-0.2, 0) is 27.2 Å². The number of hydrogen-bond acceptors (Lipinski definition) is 3. The molecule has 0 aromatic heterocycles. The van der Waals surface area contributed by atoms with Crippen LogP contribution in [0.15, 0.2) is 54.6 Å². The summed E-state index contributed by atoms with van der Waals surface area (Å²) in [6, 6.07) is 17.2. The van der Waals surface area contributed by atoms with Crippen LogP contribution in [0.1, 0.15) is 17.5 Å². The number of amides is 3. The summed E-state index contributed by atoms with van der Waals surface area (Å²) in [5, 5.41) is 5.46. The number of nitrogens with one attached hydrogen (secondary N) is 2. The second kappa shape index (κ2) is 9.17. The molecular weight excluding hydrogens is 354 g/mol. The predicted octanol–water partition coefficient (Wildman–Crippen LogP) is 2.00. The Balaban J connectivity index is 1.50. The van der Waals surface area contributed by atoms with Gasteiger partial charge in [-0.25, -0.2) is 0 Å². The van der Waals surface area contributed by atoms with Crippen molar-refractivity contribution in [2.75, 3.05) is 25.5 Å². The monoisotopic (exact) mass is 379 g/mol. The van der Waals surface area contributed by atoms with Gasteiger partial charge in [-0.05, 0) is 29.7 Å². The van der Waals surface area contributed by atoms with Crippen molar-refractivity contribution in [2.45, 2.75) is 19.3 Å². The van der Waals surface area contributed by atoms with E-state index in [4.69, 9.17) is 0 Å². The number of rotatable bonds is 7. The number of hydrogen-bond donors (Lipinski definition) is 2. The quantitative estimate of drug-likeness (QED) is 0.772. The van der Waals surface area contributed by atoms with Gasteiger partial charge < -0.3 is 15.5 Å². The van der Waals surface area contributed by atoms with Crippen molar-refractivity contribution in [1.29, 1.82) is 0 Å². The minimum atomic E-state index is -0.339. The van der Waals surface area contributed by atoms with Crippen molar-refractivity contribution in [3.8, 4) is 0 Å². The highest BCUT2D eigenvalue weighted by molar-refractivity contribution is 5.97. The summed E-state index contributed by atoms with van der Waals surface area (Å²) >= 11 is 0. The van der Waals surface area contributed by atoms with Crippen LogP contribution >= 0.6 is 0 Å². The fourth-order valence-electron chi connectivity index (χ4n) is 3.30.